The average Bonchev–Trinajstić information content (AvgIpc) is 2.67. The van der Waals surface area contributed by atoms with Crippen molar-refractivity contribution >= 4 is 11.6 Å². The number of nitrogens with one attached hydrogen (secondary N) is 2. The smallest absolute Gasteiger partial charge is 0.247 e. The largest absolute Gasteiger partial charge is 0.489 e. The van der Waals surface area contributed by atoms with Gasteiger partial charge in [-0.25, -0.2) is 0 Å². The highest BCUT2D eigenvalue weighted by atomic mass is 16.5. The van der Waals surface area contributed by atoms with Crippen LogP contribution < -0.4 is 15.6 Å². The Labute approximate surface area is 150 Å². The van der Waals surface area contributed by atoms with Gasteiger partial charge in [-0.3, -0.25) is 9.59 Å². The summed E-state index contributed by atoms with van der Waals surface area (Å²) in [5, 5.41) is 2.92. The highest BCUT2D eigenvalue weighted by Gasteiger charge is 2.27. The summed E-state index contributed by atoms with van der Waals surface area (Å²) in [6, 6.07) is 18.9. The number of aromatic amines is 1. The number of hydrogen-bond donors (Lipinski definition) is 2. The van der Waals surface area contributed by atoms with Crippen molar-refractivity contribution in [3.8, 4) is 5.75 Å². The molecule has 1 atom stereocenters. The highest BCUT2D eigenvalue weighted by molar-refractivity contribution is 5.95. The Hall–Kier alpha value is -3.34. The average molecular weight is 346 g/mol. The van der Waals surface area contributed by atoms with E-state index < -0.39 is 0 Å². The van der Waals surface area contributed by atoms with E-state index in [2.05, 4.69) is 10.3 Å². The molecule has 1 aliphatic rings. The van der Waals surface area contributed by atoms with Crippen LogP contribution in [-0.4, -0.2) is 10.9 Å². The molecule has 0 aliphatic carbocycles. The monoisotopic (exact) mass is 346 g/mol. The number of ether oxygens (including phenoxy) is 1. The summed E-state index contributed by atoms with van der Waals surface area (Å²) in [7, 11) is 0. The molecule has 4 rings (SSSR count). The first-order chi connectivity index (χ1) is 12.7. The standard InChI is InChI=1S/C21H18N2O3/c24-20-9-6-15(12-22-20)18-11-21(25)23-19-10-16(7-8-17(18)19)26-13-14-4-2-1-3-5-14/h1-10,12,18H,11,13H2,(H,22,24)(H,23,25). The molecule has 2 N–H and O–H groups in total. The van der Waals surface area contributed by atoms with E-state index in [1.807, 2.05) is 48.5 Å². The van der Waals surface area contributed by atoms with Gasteiger partial charge in [0.15, 0.2) is 0 Å². The van der Waals surface area contributed by atoms with Gasteiger partial charge in [-0.05, 0) is 22.8 Å². The molecule has 130 valence electrons. The van der Waals surface area contributed by atoms with Crippen LogP contribution in [0.4, 0.5) is 5.69 Å². The maximum absolute atomic E-state index is 12.1. The lowest BCUT2D eigenvalue weighted by molar-refractivity contribution is -0.116. The fourth-order valence-corrected chi connectivity index (χ4v) is 3.21. The number of amides is 1. The Kier molecular flexibility index (Phi) is 4.27. The fourth-order valence-electron chi connectivity index (χ4n) is 3.21. The van der Waals surface area contributed by atoms with E-state index in [1.54, 1.807) is 12.3 Å². The molecule has 0 saturated carbocycles. The van der Waals surface area contributed by atoms with Crippen LogP contribution in [-0.2, 0) is 11.4 Å². The Balaban J connectivity index is 1.60. The number of carbonyl (C=O) groups excluding carboxylic acids is 1. The second-order valence-corrected chi connectivity index (χ2v) is 6.31. The van der Waals surface area contributed by atoms with Crippen LogP contribution in [0.5, 0.6) is 5.75 Å². The van der Waals surface area contributed by atoms with Crippen LogP contribution >= 0.6 is 0 Å². The summed E-state index contributed by atoms with van der Waals surface area (Å²) in [6.07, 6.45) is 2.03. The van der Waals surface area contributed by atoms with E-state index in [0.717, 1.165) is 22.4 Å². The van der Waals surface area contributed by atoms with E-state index in [9.17, 15) is 9.59 Å². The van der Waals surface area contributed by atoms with Gasteiger partial charge in [-0.1, -0.05) is 42.5 Å². The van der Waals surface area contributed by atoms with Crippen LogP contribution in [0.3, 0.4) is 0 Å². The molecule has 3 aromatic rings. The third-order valence-corrected chi connectivity index (χ3v) is 4.52. The summed E-state index contributed by atoms with van der Waals surface area (Å²) in [6.45, 7) is 0.469. The molecule has 1 unspecified atom stereocenters. The number of pyridine rings is 1. The number of H-pyrrole nitrogens is 1. The summed E-state index contributed by atoms with van der Waals surface area (Å²) < 4.78 is 5.85. The third-order valence-electron chi connectivity index (χ3n) is 4.52. The number of rotatable bonds is 4. The molecular formula is C21H18N2O3. The molecular weight excluding hydrogens is 328 g/mol. The first kappa shape index (κ1) is 16.1. The van der Waals surface area contributed by atoms with Gasteiger partial charge in [0, 0.05) is 36.4 Å². The molecule has 1 aromatic heterocycles. The molecule has 2 aromatic carbocycles. The van der Waals surface area contributed by atoms with Crippen LogP contribution in [0.1, 0.15) is 29.0 Å². The van der Waals surface area contributed by atoms with E-state index in [1.165, 1.54) is 6.07 Å². The zero-order valence-electron chi connectivity index (χ0n) is 14.1. The third kappa shape index (κ3) is 3.37. The molecule has 1 aliphatic heterocycles. The predicted octanol–water partition coefficient (Wildman–Crippen LogP) is 3.43. The van der Waals surface area contributed by atoms with Crippen LogP contribution in [0.15, 0.2) is 71.7 Å². The van der Waals surface area contributed by atoms with Gasteiger partial charge in [0.05, 0.1) is 0 Å². The maximum Gasteiger partial charge on any atom is 0.247 e. The molecule has 0 radical (unpaired) electrons. The van der Waals surface area contributed by atoms with Gasteiger partial charge in [0.1, 0.15) is 12.4 Å². The number of benzene rings is 2. The number of hydrogen-bond acceptors (Lipinski definition) is 3. The molecule has 0 bridgehead atoms. The van der Waals surface area contributed by atoms with E-state index in [0.29, 0.717) is 18.8 Å². The van der Waals surface area contributed by atoms with Gasteiger partial charge in [-0.15, -0.1) is 0 Å². The summed E-state index contributed by atoms with van der Waals surface area (Å²) in [5.41, 5.74) is 3.62. The minimum Gasteiger partial charge on any atom is -0.489 e. The van der Waals surface area contributed by atoms with Crippen molar-refractivity contribution in [2.45, 2.75) is 18.9 Å². The van der Waals surface area contributed by atoms with Crippen LogP contribution in [0.2, 0.25) is 0 Å². The molecule has 5 nitrogen and oxygen atoms in total. The van der Waals surface area contributed by atoms with Crippen molar-refractivity contribution in [2.24, 2.45) is 0 Å². The zero-order valence-corrected chi connectivity index (χ0v) is 14.1. The van der Waals surface area contributed by atoms with Crippen LogP contribution in [0, 0.1) is 0 Å². The molecule has 5 heteroatoms. The Morgan fingerprint density at radius 3 is 2.62 bits per heavy atom. The quantitative estimate of drug-likeness (QED) is 0.760. The molecule has 0 saturated heterocycles. The predicted molar refractivity (Wildman–Crippen MR) is 99.4 cm³/mol. The van der Waals surface area contributed by atoms with Gasteiger partial charge in [-0.2, -0.15) is 0 Å². The lowest BCUT2D eigenvalue weighted by Gasteiger charge is -2.26. The van der Waals surface area contributed by atoms with Crippen molar-refractivity contribution in [1.29, 1.82) is 0 Å². The normalized spacial score (nSPS) is 15.8. The second-order valence-electron chi connectivity index (χ2n) is 6.31. The molecule has 0 fully saturated rings. The lowest BCUT2D eigenvalue weighted by atomic mass is 9.85. The van der Waals surface area contributed by atoms with Gasteiger partial charge >= 0.3 is 0 Å². The van der Waals surface area contributed by atoms with E-state index >= 15 is 0 Å². The van der Waals surface area contributed by atoms with E-state index in [4.69, 9.17) is 4.74 Å². The minimum absolute atomic E-state index is 0.0473. The summed E-state index contributed by atoms with van der Waals surface area (Å²) in [5.74, 6) is 0.572. The number of anilines is 1. The molecule has 2 heterocycles. The number of aromatic nitrogens is 1. The number of fused-ring (bicyclic) bond motifs is 1. The van der Waals surface area contributed by atoms with Crippen molar-refractivity contribution < 1.29 is 9.53 Å². The first-order valence-electron chi connectivity index (χ1n) is 8.48. The number of carbonyl (C=O) groups is 1. The lowest BCUT2D eigenvalue weighted by Crippen LogP contribution is -2.24. The Bertz CT molecular complexity index is 975. The Morgan fingerprint density at radius 2 is 1.85 bits per heavy atom. The van der Waals surface area contributed by atoms with Gasteiger partial charge in [0.25, 0.3) is 0 Å². The fraction of sp³-hybridized carbons (Fsp3) is 0.143. The molecule has 26 heavy (non-hydrogen) atoms. The zero-order chi connectivity index (χ0) is 17.9. The van der Waals surface area contributed by atoms with Crippen molar-refractivity contribution in [3.05, 3.63) is 93.9 Å². The molecule has 1 amide bonds. The summed E-state index contributed by atoms with van der Waals surface area (Å²) >= 11 is 0. The first-order valence-corrected chi connectivity index (χ1v) is 8.48. The second kappa shape index (κ2) is 6.88. The molecule has 0 spiro atoms. The van der Waals surface area contributed by atoms with Crippen molar-refractivity contribution in [2.75, 3.05) is 5.32 Å². The minimum atomic E-state index is -0.154. The Morgan fingerprint density at radius 1 is 1.00 bits per heavy atom. The highest BCUT2D eigenvalue weighted by Crippen LogP contribution is 2.38. The van der Waals surface area contributed by atoms with Crippen LogP contribution in [0.25, 0.3) is 0 Å². The van der Waals surface area contributed by atoms with Gasteiger partial charge in [0.2, 0.25) is 11.5 Å². The van der Waals surface area contributed by atoms with E-state index in [-0.39, 0.29) is 17.4 Å². The SMILES string of the molecule is O=C1CC(c2ccc(=O)[nH]c2)c2ccc(OCc3ccccc3)cc2N1. The maximum atomic E-state index is 12.1. The topological polar surface area (TPSA) is 71.2 Å². The van der Waals surface area contributed by atoms with Crippen molar-refractivity contribution in [3.63, 3.8) is 0 Å². The van der Waals surface area contributed by atoms with Gasteiger partial charge < -0.3 is 15.0 Å². The summed E-state index contributed by atoms with van der Waals surface area (Å²) in [4.78, 5) is 26.1. The van der Waals surface area contributed by atoms with Crippen molar-refractivity contribution in [1.82, 2.24) is 4.98 Å².